The minimum atomic E-state index is -3.50. The molecule has 3 rings (SSSR count). The number of likely N-dealkylation sites (tertiary alicyclic amines) is 1. The summed E-state index contributed by atoms with van der Waals surface area (Å²) in [5.41, 5.74) is 2.78. The van der Waals surface area contributed by atoms with Crippen LogP contribution < -0.4 is 5.14 Å². The summed E-state index contributed by atoms with van der Waals surface area (Å²) in [4.78, 5) is 14.5. The lowest BCUT2D eigenvalue weighted by Crippen LogP contribution is -2.31. The van der Waals surface area contributed by atoms with Gasteiger partial charge in [-0.2, -0.15) is 0 Å². The van der Waals surface area contributed by atoms with E-state index in [0.717, 1.165) is 16.5 Å². The highest BCUT2D eigenvalue weighted by Gasteiger charge is 2.30. The Morgan fingerprint density at radius 3 is 2.78 bits per heavy atom. The molecule has 23 heavy (non-hydrogen) atoms. The van der Waals surface area contributed by atoms with Crippen LogP contribution >= 0.6 is 0 Å². The van der Waals surface area contributed by atoms with Gasteiger partial charge in [0.1, 0.15) is 5.69 Å². The quantitative estimate of drug-likeness (QED) is 0.915. The van der Waals surface area contributed by atoms with E-state index in [1.807, 2.05) is 42.8 Å². The molecule has 2 heterocycles. The van der Waals surface area contributed by atoms with Gasteiger partial charge in [0.2, 0.25) is 10.0 Å². The smallest absolute Gasteiger partial charge is 0.270 e. The van der Waals surface area contributed by atoms with Crippen molar-refractivity contribution >= 4 is 26.8 Å². The van der Waals surface area contributed by atoms with Crippen LogP contribution in [-0.2, 0) is 17.1 Å². The first-order chi connectivity index (χ1) is 10.8. The van der Waals surface area contributed by atoms with Crippen molar-refractivity contribution in [3.63, 3.8) is 0 Å². The van der Waals surface area contributed by atoms with E-state index < -0.39 is 10.0 Å². The van der Waals surface area contributed by atoms with Crippen molar-refractivity contribution in [1.29, 1.82) is 0 Å². The fourth-order valence-corrected chi connectivity index (χ4v) is 4.29. The number of primary sulfonamides is 1. The Labute approximate surface area is 135 Å². The molecule has 0 radical (unpaired) electrons. The molecule has 1 atom stereocenters. The highest BCUT2D eigenvalue weighted by molar-refractivity contribution is 7.89. The lowest BCUT2D eigenvalue weighted by atomic mass is 10.1. The molecular weight excluding hydrogens is 314 g/mol. The number of carbonyl (C=O) groups excluding carboxylic acids is 1. The molecule has 0 saturated carbocycles. The second-order valence-electron chi connectivity index (χ2n) is 6.33. The number of hydrogen-bond donors (Lipinski definition) is 1. The summed E-state index contributed by atoms with van der Waals surface area (Å²) >= 11 is 0. The highest BCUT2D eigenvalue weighted by Crippen LogP contribution is 2.25. The molecule has 0 aliphatic carbocycles. The Balaban J connectivity index is 1.85. The van der Waals surface area contributed by atoms with Gasteiger partial charge in [0.15, 0.2) is 0 Å². The van der Waals surface area contributed by atoms with E-state index in [9.17, 15) is 13.2 Å². The number of carbonyl (C=O) groups is 1. The number of fused-ring (bicyclic) bond motifs is 1. The topological polar surface area (TPSA) is 85.4 Å². The molecule has 1 aromatic heterocycles. The number of sulfonamides is 1. The Kier molecular flexibility index (Phi) is 3.93. The van der Waals surface area contributed by atoms with E-state index in [4.69, 9.17) is 5.14 Å². The third-order valence-electron chi connectivity index (χ3n) is 4.57. The number of benzene rings is 1. The average molecular weight is 335 g/mol. The van der Waals surface area contributed by atoms with Crippen LogP contribution in [0.4, 0.5) is 0 Å². The summed E-state index contributed by atoms with van der Waals surface area (Å²) in [7, 11) is -1.62. The maximum Gasteiger partial charge on any atom is 0.270 e. The SMILES string of the molecule is Cc1cccc2c1cc(C(=O)N1CC[C@@H](CS(N)(=O)=O)C1)n2C. The Hall–Kier alpha value is -1.86. The second kappa shape index (κ2) is 5.65. The van der Waals surface area contributed by atoms with Gasteiger partial charge in [0, 0.05) is 31.0 Å². The van der Waals surface area contributed by atoms with Crippen LogP contribution in [0, 0.1) is 12.8 Å². The second-order valence-corrected chi connectivity index (χ2v) is 7.99. The molecule has 2 N–H and O–H groups in total. The van der Waals surface area contributed by atoms with Crippen molar-refractivity contribution in [3.05, 3.63) is 35.5 Å². The summed E-state index contributed by atoms with van der Waals surface area (Å²) in [5.74, 6) is -0.198. The summed E-state index contributed by atoms with van der Waals surface area (Å²) < 4.78 is 24.3. The first-order valence-corrected chi connectivity index (χ1v) is 9.32. The molecule has 1 saturated heterocycles. The Morgan fingerprint density at radius 1 is 1.39 bits per heavy atom. The molecule has 0 bridgehead atoms. The Morgan fingerprint density at radius 2 is 2.13 bits per heavy atom. The van der Waals surface area contributed by atoms with E-state index in [-0.39, 0.29) is 17.6 Å². The molecule has 6 nitrogen and oxygen atoms in total. The van der Waals surface area contributed by atoms with Gasteiger partial charge in [0.05, 0.1) is 5.75 Å². The number of rotatable bonds is 3. The fraction of sp³-hybridized carbons (Fsp3) is 0.438. The maximum atomic E-state index is 12.8. The van der Waals surface area contributed by atoms with Gasteiger partial charge in [-0.05, 0) is 37.0 Å². The largest absolute Gasteiger partial charge is 0.340 e. The zero-order valence-corrected chi connectivity index (χ0v) is 14.1. The minimum absolute atomic E-state index is 0.0555. The standard InChI is InChI=1S/C16H21N3O3S/c1-11-4-3-5-14-13(11)8-15(18(14)2)16(20)19-7-6-12(9-19)10-23(17,21)22/h3-5,8,12H,6-7,9-10H2,1-2H3,(H2,17,21,22)/t12-/m1/s1. The number of nitrogens with zero attached hydrogens (tertiary/aromatic N) is 2. The average Bonchev–Trinajstić information content (AvgIpc) is 3.03. The lowest BCUT2D eigenvalue weighted by Gasteiger charge is -2.16. The van der Waals surface area contributed by atoms with Crippen LogP contribution in [0.3, 0.4) is 0 Å². The van der Waals surface area contributed by atoms with Gasteiger partial charge >= 0.3 is 0 Å². The van der Waals surface area contributed by atoms with Gasteiger partial charge in [0.25, 0.3) is 5.91 Å². The van der Waals surface area contributed by atoms with Gasteiger partial charge in [-0.1, -0.05) is 12.1 Å². The third kappa shape index (κ3) is 3.11. The van der Waals surface area contributed by atoms with Crippen molar-refractivity contribution < 1.29 is 13.2 Å². The van der Waals surface area contributed by atoms with Crippen LogP contribution in [-0.4, -0.2) is 42.6 Å². The highest BCUT2D eigenvalue weighted by atomic mass is 32.2. The predicted octanol–water partition coefficient (Wildman–Crippen LogP) is 1.24. The van der Waals surface area contributed by atoms with E-state index in [2.05, 4.69) is 0 Å². The summed E-state index contributed by atoms with van der Waals surface area (Å²) in [5, 5.41) is 6.17. The van der Waals surface area contributed by atoms with Crippen LogP contribution in [0.25, 0.3) is 10.9 Å². The number of hydrogen-bond acceptors (Lipinski definition) is 3. The molecule has 1 fully saturated rings. The lowest BCUT2D eigenvalue weighted by molar-refractivity contribution is 0.0779. The fourth-order valence-electron chi connectivity index (χ4n) is 3.36. The van der Waals surface area contributed by atoms with Gasteiger partial charge in [-0.15, -0.1) is 0 Å². The predicted molar refractivity (Wildman–Crippen MR) is 89.6 cm³/mol. The molecule has 2 aromatic rings. The Bertz CT molecular complexity index is 870. The zero-order valence-electron chi connectivity index (χ0n) is 13.3. The monoisotopic (exact) mass is 335 g/mol. The molecule has 0 spiro atoms. The van der Waals surface area contributed by atoms with Crippen LogP contribution in [0.15, 0.2) is 24.3 Å². The molecule has 7 heteroatoms. The summed E-state index contributed by atoms with van der Waals surface area (Å²) in [6.07, 6.45) is 0.672. The van der Waals surface area contributed by atoms with Crippen LogP contribution in [0.1, 0.15) is 22.5 Å². The third-order valence-corrected chi connectivity index (χ3v) is 5.50. The van der Waals surface area contributed by atoms with Gasteiger partial charge in [-0.3, -0.25) is 4.79 Å². The van der Waals surface area contributed by atoms with Crippen LogP contribution in [0.2, 0.25) is 0 Å². The molecule has 0 unspecified atom stereocenters. The molecular formula is C16H21N3O3S. The van der Waals surface area contributed by atoms with Gasteiger partial charge in [-0.25, -0.2) is 13.6 Å². The van der Waals surface area contributed by atoms with Crippen molar-refractivity contribution in [3.8, 4) is 0 Å². The number of amides is 1. The molecule has 1 amide bonds. The van der Waals surface area contributed by atoms with Gasteiger partial charge < -0.3 is 9.47 Å². The van der Waals surface area contributed by atoms with E-state index in [1.54, 1.807) is 4.90 Å². The van der Waals surface area contributed by atoms with Crippen molar-refractivity contribution in [2.75, 3.05) is 18.8 Å². The molecule has 1 aromatic carbocycles. The minimum Gasteiger partial charge on any atom is -0.340 e. The van der Waals surface area contributed by atoms with Crippen molar-refractivity contribution in [2.24, 2.45) is 18.1 Å². The maximum absolute atomic E-state index is 12.8. The first-order valence-electron chi connectivity index (χ1n) is 7.61. The summed E-state index contributed by atoms with van der Waals surface area (Å²) in [6.45, 7) is 3.03. The van der Waals surface area contributed by atoms with Crippen molar-refractivity contribution in [1.82, 2.24) is 9.47 Å². The van der Waals surface area contributed by atoms with E-state index >= 15 is 0 Å². The first kappa shape index (κ1) is 16.0. The normalized spacial score (nSPS) is 18.7. The van der Waals surface area contributed by atoms with E-state index in [0.29, 0.717) is 25.2 Å². The number of aryl methyl sites for hydroxylation is 2. The number of nitrogens with two attached hydrogens (primary N) is 1. The summed E-state index contributed by atoms with van der Waals surface area (Å²) in [6, 6.07) is 7.91. The zero-order chi connectivity index (χ0) is 16.8. The van der Waals surface area contributed by atoms with E-state index in [1.165, 1.54) is 0 Å². The molecule has 124 valence electrons. The van der Waals surface area contributed by atoms with Crippen molar-refractivity contribution in [2.45, 2.75) is 13.3 Å². The molecule has 1 aliphatic heterocycles. The number of aromatic nitrogens is 1. The molecule has 1 aliphatic rings. The van der Waals surface area contributed by atoms with Crippen LogP contribution in [0.5, 0.6) is 0 Å².